The highest BCUT2D eigenvalue weighted by Crippen LogP contribution is 2.24. The van der Waals surface area contributed by atoms with E-state index in [0.717, 1.165) is 10.9 Å². The van der Waals surface area contributed by atoms with Crippen molar-refractivity contribution in [2.24, 2.45) is 0 Å². The van der Waals surface area contributed by atoms with Gasteiger partial charge in [-0.1, -0.05) is 10.6 Å². The second kappa shape index (κ2) is 4.63. The molecule has 0 bridgehead atoms. The van der Waals surface area contributed by atoms with Gasteiger partial charge in [-0.25, -0.2) is 8.78 Å². The van der Waals surface area contributed by atoms with Gasteiger partial charge in [0.05, 0.1) is 17.1 Å². The maximum atomic E-state index is 13.1. The predicted molar refractivity (Wildman–Crippen MR) is 57.2 cm³/mol. The number of halogens is 2. The molecule has 0 amide bonds. The van der Waals surface area contributed by atoms with E-state index in [1.54, 1.807) is 19.3 Å². The van der Waals surface area contributed by atoms with Crippen LogP contribution >= 0.6 is 11.5 Å². The van der Waals surface area contributed by atoms with E-state index in [1.807, 2.05) is 0 Å². The van der Waals surface area contributed by atoms with Crippen molar-refractivity contribution in [3.05, 3.63) is 46.5 Å². The molecular formula is C10H9F2N3S. The van der Waals surface area contributed by atoms with Crippen LogP contribution in [0.2, 0.25) is 0 Å². The predicted octanol–water partition coefficient (Wildman–Crippen LogP) is 2.13. The highest BCUT2D eigenvalue weighted by atomic mass is 32.1. The molecule has 2 aromatic rings. The Hall–Kier alpha value is -1.40. The van der Waals surface area contributed by atoms with Gasteiger partial charge in [0.25, 0.3) is 0 Å². The van der Waals surface area contributed by atoms with Crippen LogP contribution in [0.15, 0.2) is 24.4 Å². The number of hydrogen-bond donors (Lipinski definition) is 1. The summed E-state index contributed by atoms with van der Waals surface area (Å²) in [7, 11) is 1.74. The molecule has 1 N–H and O–H groups in total. The summed E-state index contributed by atoms with van der Waals surface area (Å²) in [5.41, 5.74) is 0.646. The summed E-state index contributed by atoms with van der Waals surface area (Å²) in [5.74, 6) is -1.70. The van der Waals surface area contributed by atoms with E-state index in [-0.39, 0.29) is 6.04 Å². The van der Waals surface area contributed by atoms with Crippen molar-refractivity contribution < 1.29 is 8.78 Å². The van der Waals surface area contributed by atoms with Crippen molar-refractivity contribution >= 4 is 11.5 Å². The first-order valence-electron chi connectivity index (χ1n) is 4.62. The molecule has 16 heavy (non-hydrogen) atoms. The molecule has 1 aromatic heterocycles. The van der Waals surface area contributed by atoms with Gasteiger partial charge in [0.1, 0.15) is 0 Å². The summed E-state index contributed by atoms with van der Waals surface area (Å²) in [6, 6.07) is 3.62. The lowest BCUT2D eigenvalue weighted by atomic mass is 10.1. The highest BCUT2D eigenvalue weighted by molar-refractivity contribution is 7.05. The number of nitrogens with one attached hydrogen (secondary N) is 1. The van der Waals surface area contributed by atoms with Gasteiger partial charge in [0.15, 0.2) is 11.6 Å². The molecule has 3 nitrogen and oxygen atoms in total. The fourth-order valence-corrected chi connectivity index (χ4v) is 2.11. The third kappa shape index (κ3) is 2.07. The first-order valence-corrected chi connectivity index (χ1v) is 5.39. The molecule has 1 unspecified atom stereocenters. The van der Waals surface area contributed by atoms with Crippen LogP contribution in [-0.4, -0.2) is 16.6 Å². The SMILES string of the molecule is CNC(c1ccc(F)c(F)c1)c1cnns1. The van der Waals surface area contributed by atoms with E-state index in [0.29, 0.717) is 5.56 Å². The number of benzene rings is 1. The summed E-state index contributed by atoms with van der Waals surface area (Å²) in [4.78, 5) is 0.855. The summed E-state index contributed by atoms with van der Waals surface area (Å²) in [6.07, 6.45) is 1.60. The van der Waals surface area contributed by atoms with E-state index in [9.17, 15) is 8.78 Å². The molecule has 0 spiro atoms. The van der Waals surface area contributed by atoms with Gasteiger partial charge in [-0.2, -0.15) is 0 Å². The lowest BCUT2D eigenvalue weighted by molar-refractivity contribution is 0.505. The molecular weight excluding hydrogens is 232 g/mol. The van der Waals surface area contributed by atoms with Crippen LogP contribution in [0.1, 0.15) is 16.5 Å². The highest BCUT2D eigenvalue weighted by Gasteiger charge is 2.15. The van der Waals surface area contributed by atoms with Crippen LogP contribution in [0, 0.1) is 11.6 Å². The normalized spacial score (nSPS) is 12.7. The van der Waals surface area contributed by atoms with Gasteiger partial charge in [-0.15, -0.1) is 5.10 Å². The molecule has 0 radical (unpaired) electrons. The fourth-order valence-electron chi connectivity index (χ4n) is 1.47. The van der Waals surface area contributed by atoms with Crippen molar-refractivity contribution in [3.63, 3.8) is 0 Å². The van der Waals surface area contributed by atoms with Gasteiger partial charge < -0.3 is 5.32 Å². The largest absolute Gasteiger partial charge is 0.309 e. The molecule has 0 aliphatic carbocycles. The lowest BCUT2D eigenvalue weighted by Crippen LogP contribution is -2.16. The Bertz CT molecular complexity index is 473. The van der Waals surface area contributed by atoms with Gasteiger partial charge in [-0.05, 0) is 36.3 Å². The quantitative estimate of drug-likeness (QED) is 0.894. The van der Waals surface area contributed by atoms with Gasteiger partial charge in [0, 0.05) is 0 Å². The lowest BCUT2D eigenvalue weighted by Gasteiger charge is -2.13. The minimum atomic E-state index is -0.852. The van der Waals surface area contributed by atoms with Crippen molar-refractivity contribution in [2.75, 3.05) is 7.05 Å². The first kappa shape index (κ1) is 11.1. The van der Waals surface area contributed by atoms with E-state index >= 15 is 0 Å². The van der Waals surface area contributed by atoms with Crippen molar-refractivity contribution in [1.82, 2.24) is 14.9 Å². The Balaban J connectivity index is 2.37. The average Bonchev–Trinajstić information content (AvgIpc) is 2.78. The molecule has 84 valence electrons. The Morgan fingerprint density at radius 3 is 2.69 bits per heavy atom. The number of rotatable bonds is 3. The zero-order chi connectivity index (χ0) is 11.5. The summed E-state index contributed by atoms with van der Waals surface area (Å²) in [5, 5.41) is 6.73. The van der Waals surface area contributed by atoms with Crippen LogP contribution in [0.5, 0.6) is 0 Å². The van der Waals surface area contributed by atoms with Gasteiger partial charge >= 0.3 is 0 Å². The van der Waals surface area contributed by atoms with E-state index < -0.39 is 11.6 Å². The molecule has 1 atom stereocenters. The van der Waals surface area contributed by atoms with Crippen LogP contribution in [0.3, 0.4) is 0 Å². The van der Waals surface area contributed by atoms with E-state index in [4.69, 9.17) is 0 Å². The molecule has 6 heteroatoms. The van der Waals surface area contributed by atoms with Crippen molar-refractivity contribution in [3.8, 4) is 0 Å². The molecule has 0 aliphatic rings. The maximum absolute atomic E-state index is 13.1. The zero-order valence-corrected chi connectivity index (χ0v) is 9.26. The van der Waals surface area contributed by atoms with Crippen LogP contribution < -0.4 is 5.32 Å². The molecule has 0 aliphatic heterocycles. The Labute approximate surface area is 95.3 Å². The average molecular weight is 241 g/mol. The summed E-state index contributed by atoms with van der Waals surface area (Å²) >= 11 is 1.22. The Kier molecular flexibility index (Phi) is 3.21. The summed E-state index contributed by atoms with van der Waals surface area (Å²) < 4.78 is 29.6. The van der Waals surface area contributed by atoms with Crippen LogP contribution in [0.4, 0.5) is 8.78 Å². The van der Waals surface area contributed by atoms with Crippen LogP contribution in [0.25, 0.3) is 0 Å². The second-order valence-electron chi connectivity index (χ2n) is 3.22. The molecule has 0 saturated carbocycles. The summed E-state index contributed by atoms with van der Waals surface area (Å²) in [6.45, 7) is 0. The number of aromatic nitrogens is 2. The van der Waals surface area contributed by atoms with E-state index in [2.05, 4.69) is 14.9 Å². The molecule has 1 heterocycles. The van der Waals surface area contributed by atoms with Crippen LogP contribution in [-0.2, 0) is 0 Å². The minimum absolute atomic E-state index is 0.213. The Morgan fingerprint density at radius 1 is 1.31 bits per heavy atom. The molecule has 1 aromatic carbocycles. The van der Waals surface area contributed by atoms with E-state index in [1.165, 1.54) is 17.6 Å². The topological polar surface area (TPSA) is 37.8 Å². The second-order valence-corrected chi connectivity index (χ2v) is 4.03. The minimum Gasteiger partial charge on any atom is -0.309 e. The third-order valence-electron chi connectivity index (χ3n) is 2.23. The molecule has 0 fully saturated rings. The number of nitrogens with zero attached hydrogens (tertiary/aromatic N) is 2. The zero-order valence-electron chi connectivity index (χ0n) is 8.45. The third-order valence-corrected chi connectivity index (χ3v) is 2.96. The Morgan fingerprint density at radius 2 is 2.12 bits per heavy atom. The van der Waals surface area contributed by atoms with Crippen molar-refractivity contribution in [2.45, 2.75) is 6.04 Å². The maximum Gasteiger partial charge on any atom is 0.159 e. The fraction of sp³-hybridized carbons (Fsp3) is 0.200. The standard InChI is InChI=1S/C10H9F2N3S/c1-13-10(9-5-14-15-16-9)6-2-3-7(11)8(12)4-6/h2-5,10,13H,1H3. The first-order chi connectivity index (χ1) is 7.72. The molecule has 0 saturated heterocycles. The monoisotopic (exact) mass is 241 g/mol. The van der Waals surface area contributed by atoms with Crippen molar-refractivity contribution in [1.29, 1.82) is 0 Å². The number of hydrogen-bond acceptors (Lipinski definition) is 4. The van der Waals surface area contributed by atoms with Gasteiger partial charge in [0.2, 0.25) is 0 Å². The molecule has 2 rings (SSSR count). The van der Waals surface area contributed by atoms with Gasteiger partial charge in [-0.3, -0.25) is 0 Å². The smallest absolute Gasteiger partial charge is 0.159 e.